The van der Waals surface area contributed by atoms with Crippen LogP contribution in [0.1, 0.15) is 5.56 Å². The fraction of sp³-hybridized carbons (Fsp3) is 0.0833. The average molecular weight is 381 g/mol. The molecule has 3 nitrogen and oxygen atoms in total. The molecule has 4 heteroatoms. The van der Waals surface area contributed by atoms with Crippen molar-refractivity contribution in [1.82, 2.24) is 4.98 Å². The van der Waals surface area contributed by atoms with Gasteiger partial charge in [-0.1, -0.05) is 30.3 Å². The second-order valence-corrected chi connectivity index (χ2v) is 8.14. The summed E-state index contributed by atoms with van der Waals surface area (Å²) in [6, 6.07) is 19.2. The summed E-state index contributed by atoms with van der Waals surface area (Å²) in [7, 11) is 2.05. The highest BCUT2D eigenvalue weighted by atomic mass is 32.1. The standard InChI is InChI=1S/C24H17N2OS/c1-14-16(21-24-20(11-12-28-24)25-13-26(21)2)9-10-18-19-8-7-15-5-3-4-6-17(15)23(19)27-22(14)18/h3-13H,1-2H3/q+1. The molecule has 3 aromatic carbocycles. The first-order valence-corrected chi connectivity index (χ1v) is 10.2. The Balaban J connectivity index is 1.73. The van der Waals surface area contributed by atoms with Crippen LogP contribution in [0.25, 0.3) is 54.2 Å². The lowest BCUT2D eigenvalue weighted by Crippen LogP contribution is -2.31. The molecule has 6 aromatic rings. The van der Waals surface area contributed by atoms with Crippen LogP contribution in [0.5, 0.6) is 0 Å². The predicted molar refractivity (Wildman–Crippen MR) is 116 cm³/mol. The van der Waals surface area contributed by atoms with Gasteiger partial charge < -0.3 is 4.42 Å². The Kier molecular flexibility index (Phi) is 3.17. The largest absolute Gasteiger partial charge is 0.455 e. The van der Waals surface area contributed by atoms with Crippen LogP contribution in [0.4, 0.5) is 0 Å². The summed E-state index contributed by atoms with van der Waals surface area (Å²) >= 11 is 1.73. The van der Waals surface area contributed by atoms with Crippen LogP contribution in [0.3, 0.4) is 0 Å². The normalized spacial score (nSPS) is 11.9. The van der Waals surface area contributed by atoms with Gasteiger partial charge in [-0.15, -0.1) is 11.3 Å². The van der Waals surface area contributed by atoms with Crippen LogP contribution in [0.15, 0.2) is 70.7 Å². The van der Waals surface area contributed by atoms with Crippen molar-refractivity contribution in [2.45, 2.75) is 6.92 Å². The number of benzene rings is 3. The second kappa shape index (κ2) is 5.63. The zero-order valence-corrected chi connectivity index (χ0v) is 16.4. The third-order valence-electron chi connectivity index (χ3n) is 5.62. The summed E-state index contributed by atoms with van der Waals surface area (Å²) in [4.78, 5) is 4.54. The number of hydrogen-bond donors (Lipinski definition) is 0. The molecule has 0 bridgehead atoms. The molecule has 6 rings (SSSR count). The zero-order chi connectivity index (χ0) is 18.8. The van der Waals surface area contributed by atoms with Gasteiger partial charge in [0.05, 0.1) is 7.05 Å². The molecule has 0 radical (unpaired) electrons. The smallest absolute Gasteiger partial charge is 0.287 e. The quantitative estimate of drug-likeness (QED) is 0.320. The lowest BCUT2D eigenvalue weighted by atomic mass is 10.00. The van der Waals surface area contributed by atoms with E-state index in [1.54, 1.807) is 11.3 Å². The molecule has 0 atom stereocenters. The van der Waals surface area contributed by atoms with Crippen molar-refractivity contribution in [3.63, 3.8) is 0 Å². The molecule has 0 aliphatic rings. The Bertz CT molecular complexity index is 1540. The van der Waals surface area contributed by atoms with Crippen molar-refractivity contribution < 1.29 is 8.98 Å². The SMILES string of the molecule is Cc1c(-c2c3sccc3nc[n+]2C)ccc2c1oc1c3ccccc3ccc21. The van der Waals surface area contributed by atoms with Crippen LogP contribution < -0.4 is 4.57 Å². The van der Waals surface area contributed by atoms with E-state index in [1.165, 1.54) is 32.1 Å². The van der Waals surface area contributed by atoms with Crippen LogP contribution in [-0.4, -0.2) is 4.98 Å². The summed E-state index contributed by atoms with van der Waals surface area (Å²) in [5, 5.41) is 6.80. The Labute approximate surface area is 165 Å². The van der Waals surface area contributed by atoms with Gasteiger partial charge in [0.2, 0.25) is 0 Å². The second-order valence-electron chi connectivity index (χ2n) is 7.22. The van der Waals surface area contributed by atoms with Gasteiger partial charge in [-0.3, -0.25) is 0 Å². The van der Waals surface area contributed by atoms with Gasteiger partial charge in [-0.25, -0.2) is 4.57 Å². The van der Waals surface area contributed by atoms with Gasteiger partial charge in [0, 0.05) is 33.4 Å². The van der Waals surface area contributed by atoms with Crippen molar-refractivity contribution in [1.29, 1.82) is 0 Å². The minimum atomic E-state index is 0.963. The van der Waals surface area contributed by atoms with Crippen LogP contribution in [0, 0.1) is 6.92 Å². The fourth-order valence-corrected chi connectivity index (χ4v) is 5.16. The molecule has 0 spiro atoms. The maximum atomic E-state index is 6.47. The van der Waals surface area contributed by atoms with Crippen LogP contribution in [-0.2, 0) is 7.05 Å². The molecule has 3 heterocycles. The summed E-state index contributed by atoms with van der Waals surface area (Å²) in [5.74, 6) is 0. The molecule has 3 aromatic heterocycles. The van der Waals surface area contributed by atoms with Gasteiger partial charge in [0.15, 0.2) is 11.2 Å². The first-order chi connectivity index (χ1) is 13.7. The maximum absolute atomic E-state index is 6.47. The molecule has 0 aliphatic carbocycles. The Hall–Kier alpha value is -3.24. The lowest BCUT2D eigenvalue weighted by molar-refractivity contribution is -0.662. The molecule has 0 amide bonds. The van der Waals surface area contributed by atoms with E-state index >= 15 is 0 Å². The Morgan fingerprint density at radius 3 is 2.64 bits per heavy atom. The Morgan fingerprint density at radius 2 is 1.71 bits per heavy atom. The summed E-state index contributed by atoms with van der Waals surface area (Å²) in [5.41, 5.74) is 6.50. The number of nitrogens with zero attached hydrogens (tertiary/aromatic N) is 2. The molecule has 0 N–H and O–H groups in total. The number of furan rings is 1. The number of hydrogen-bond acceptors (Lipinski definition) is 3. The van der Waals surface area contributed by atoms with Crippen molar-refractivity contribution >= 4 is 54.3 Å². The zero-order valence-electron chi connectivity index (χ0n) is 15.6. The summed E-state index contributed by atoms with van der Waals surface area (Å²) < 4.78 is 9.78. The highest BCUT2D eigenvalue weighted by molar-refractivity contribution is 7.17. The Morgan fingerprint density at radius 1 is 0.893 bits per heavy atom. The van der Waals surface area contributed by atoms with E-state index in [0.29, 0.717) is 0 Å². The average Bonchev–Trinajstić information content (AvgIpc) is 3.34. The van der Waals surface area contributed by atoms with E-state index in [-0.39, 0.29) is 0 Å². The highest BCUT2D eigenvalue weighted by Gasteiger charge is 2.21. The van der Waals surface area contributed by atoms with Gasteiger partial charge >= 0.3 is 0 Å². The molecule has 134 valence electrons. The van der Waals surface area contributed by atoms with Gasteiger partial charge in [0.1, 0.15) is 15.9 Å². The molecule has 28 heavy (non-hydrogen) atoms. The first-order valence-electron chi connectivity index (χ1n) is 9.28. The fourth-order valence-electron chi connectivity index (χ4n) is 4.22. The van der Waals surface area contributed by atoms with Gasteiger partial charge in [0.25, 0.3) is 6.33 Å². The third kappa shape index (κ3) is 2.04. The summed E-state index contributed by atoms with van der Waals surface area (Å²) in [6.45, 7) is 2.15. The monoisotopic (exact) mass is 381 g/mol. The number of fused-ring (bicyclic) bond motifs is 6. The third-order valence-corrected chi connectivity index (χ3v) is 6.53. The molecule has 0 unspecified atom stereocenters. The minimum Gasteiger partial charge on any atom is -0.455 e. The summed E-state index contributed by atoms with van der Waals surface area (Å²) in [6.07, 6.45) is 1.89. The maximum Gasteiger partial charge on any atom is 0.287 e. The van der Waals surface area contributed by atoms with E-state index in [4.69, 9.17) is 4.42 Å². The number of aromatic nitrogens is 2. The lowest BCUT2D eigenvalue weighted by Gasteiger charge is -2.07. The molecule has 0 saturated carbocycles. The molecule has 0 saturated heterocycles. The van der Waals surface area contributed by atoms with Crippen molar-refractivity contribution in [3.05, 3.63) is 71.9 Å². The van der Waals surface area contributed by atoms with Crippen molar-refractivity contribution in [3.8, 4) is 11.3 Å². The van der Waals surface area contributed by atoms with E-state index in [1.807, 2.05) is 6.33 Å². The van der Waals surface area contributed by atoms with E-state index in [9.17, 15) is 0 Å². The molecular formula is C24H17N2OS+. The topological polar surface area (TPSA) is 29.9 Å². The van der Waals surface area contributed by atoms with Crippen LogP contribution >= 0.6 is 11.3 Å². The predicted octanol–water partition coefficient (Wildman–Crippen LogP) is 6.15. The van der Waals surface area contributed by atoms with Crippen molar-refractivity contribution in [2.24, 2.45) is 7.05 Å². The van der Waals surface area contributed by atoms with Crippen LogP contribution in [0.2, 0.25) is 0 Å². The van der Waals surface area contributed by atoms with E-state index < -0.39 is 0 Å². The molecule has 0 fully saturated rings. The van der Waals surface area contributed by atoms with E-state index in [2.05, 4.69) is 83.5 Å². The number of aryl methyl sites for hydroxylation is 2. The number of rotatable bonds is 1. The first kappa shape index (κ1) is 15.8. The molecule has 0 aliphatic heterocycles. The van der Waals surface area contributed by atoms with Crippen molar-refractivity contribution in [2.75, 3.05) is 0 Å². The van der Waals surface area contributed by atoms with Gasteiger partial charge in [-0.05, 0) is 40.9 Å². The van der Waals surface area contributed by atoms with Gasteiger partial charge in [-0.2, -0.15) is 0 Å². The number of thiophene rings is 1. The minimum absolute atomic E-state index is 0.963. The highest BCUT2D eigenvalue weighted by Crippen LogP contribution is 2.39. The molecular weight excluding hydrogens is 364 g/mol. The van der Waals surface area contributed by atoms with E-state index in [0.717, 1.165) is 27.6 Å².